The van der Waals surface area contributed by atoms with Gasteiger partial charge in [-0.2, -0.15) is 0 Å². The van der Waals surface area contributed by atoms with Gasteiger partial charge in [0.2, 0.25) is 0 Å². The third kappa shape index (κ3) is 2.27. The lowest BCUT2D eigenvalue weighted by molar-refractivity contribution is -0.202. The van der Waals surface area contributed by atoms with Crippen molar-refractivity contribution in [2.75, 3.05) is 0 Å². The summed E-state index contributed by atoms with van der Waals surface area (Å²) in [6, 6.07) is 0.445. The third-order valence-corrected chi connectivity index (χ3v) is 12.0. The molecule has 0 saturated heterocycles. The van der Waals surface area contributed by atoms with Crippen molar-refractivity contribution >= 4 is 0 Å². The van der Waals surface area contributed by atoms with Crippen LogP contribution in [-0.4, -0.2) is 6.04 Å². The Labute approximate surface area is 166 Å². The molecule has 1 nitrogen and oxygen atoms in total. The van der Waals surface area contributed by atoms with Crippen molar-refractivity contribution in [3.05, 3.63) is 0 Å². The van der Waals surface area contributed by atoms with Crippen LogP contribution < -0.4 is 5.73 Å². The van der Waals surface area contributed by atoms with Crippen molar-refractivity contribution < 1.29 is 0 Å². The maximum absolute atomic E-state index is 6.19. The molecule has 1 unspecified atom stereocenters. The molecule has 1 atom stereocenters. The summed E-state index contributed by atoms with van der Waals surface area (Å²) in [5.74, 6) is 12.9. The zero-order valence-electron chi connectivity index (χ0n) is 17.5. The van der Waals surface area contributed by atoms with Crippen LogP contribution >= 0.6 is 0 Å². The van der Waals surface area contributed by atoms with Gasteiger partial charge in [0, 0.05) is 6.04 Å². The Morgan fingerprint density at radius 1 is 0.519 bits per heavy atom. The van der Waals surface area contributed by atoms with Crippen molar-refractivity contribution in [1.82, 2.24) is 0 Å². The van der Waals surface area contributed by atoms with Gasteiger partial charge in [0.1, 0.15) is 0 Å². The zero-order valence-corrected chi connectivity index (χ0v) is 17.5. The fourth-order valence-corrected chi connectivity index (χ4v) is 11.6. The van der Waals surface area contributed by atoms with Gasteiger partial charge in [0.05, 0.1) is 0 Å². The van der Waals surface area contributed by atoms with E-state index in [1.807, 2.05) is 0 Å². The maximum atomic E-state index is 6.19. The van der Waals surface area contributed by atoms with E-state index in [0.717, 1.165) is 17.8 Å². The van der Waals surface area contributed by atoms with Crippen LogP contribution in [0.25, 0.3) is 0 Å². The largest absolute Gasteiger partial charge is 0.327 e. The van der Waals surface area contributed by atoms with Gasteiger partial charge in [-0.3, -0.25) is 0 Å². The maximum Gasteiger partial charge on any atom is 0.00673 e. The average molecular weight is 368 g/mol. The van der Waals surface area contributed by atoms with Crippen molar-refractivity contribution in [3.63, 3.8) is 0 Å². The summed E-state index contributed by atoms with van der Waals surface area (Å²) in [5, 5.41) is 0. The van der Waals surface area contributed by atoms with E-state index in [1.54, 1.807) is 38.5 Å². The van der Waals surface area contributed by atoms with E-state index in [9.17, 15) is 0 Å². The highest BCUT2D eigenvalue weighted by atomic mass is 14.7. The quantitative estimate of drug-likeness (QED) is 0.616. The Kier molecular flexibility index (Phi) is 3.44. The molecule has 27 heavy (non-hydrogen) atoms. The SMILES string of the molecule is C1C2CC3C4CC5CC(C14)C(C2)C3C5.CC(N)C12CC3CC(CC(C3)C1)C2. The summed E-state index contributed by atoms with van der Waals surface area (Å²) >= 11 is 0. The Hall–Kier alpha value is -0.0400. The van der Waals surface area contributed by atoms with Crippen LogP contribution in [0.1, 0.15) is 84.0 Å². The molecular formula is C26H41N. The van der Waals surface area contributed by atoms with E-state index in [0.29, 0.717) is 11.5 Å². The molecular weight excluding hydrogens is 326 g/mol. The van der Waals surface area contributed by atoms with Crippen molar-refractivity contribution in [3.8, 4) is 0 Å². The van der Waals surface area contributed by atoms with Gasteiger partial charge in [0.25, 0.3) is 0 Å². The first-order valence-corrected chi connectivity index (χ1v) is 12.8. The van der Waals surface area contributed by atoms with Gasteiger partial charge in [-0.1, -0.05) is 0 Å². The molecule has 11 rings (SSSR count). The summed E-state index contributed by atoms with van der Waals surface area (Å²) in [6.45, 7) is 2.24. The normalized spacial score (nSPS) is 64.0. The van der Waals surface area contributed by atoms with E-state index < -0.39 is 0 Å². The summed E-state index contributed by atoms with van der Waals surface area (Å²) in [4.78, 5) is 0. The Morgan fingerprint density at radius 2 is 0.815 bits per heavy atom. The monoisotopic (exact) mass is 367 g/mol. The van der Waals surface area contributed by atoms with Crippen LogP contribution in [0.4, 0.5) is 0 Å². The van der Waals surface area contributed by atoms with E-state index in [2.05, 4.69) is 6.92 Å². The Bertz CT molecular complexity index is 497. The second-order valence-electron chi connectivity index (χ2n) is 13.2. The smallest absolute Gasteiger partial charge is 0.00673 e. The standard InChI is InChI=1S/C14H20.C12H21N/c1-7-2-12-10-4-8-5-11(9(1)10)13(3-7)14(12)6-8;1-8(13)12-5-9-2-10(6-12)4-11(3-9)7-12/h7-14H,1-6H2;8-11H,2-7,13H2,1H3. The molecule has 12 bridgehead atoms. The van der Waals surface area contributed by atoms with E-state index >= 15 is 0 Å². The minimum Gasteiger partial charge on any atom is -0.327 e. The summed E-state index contributed by atoms with van der Waals surface area (Å²) in [5.41, 5.74) is 6.77. The number of rotatable bonds is 1. The van der Waals surface area contributed by atoms with E-state index in [-0.39, 0.29) is 0 Å². The Balaban J connectivity index is 0.000000101. The fourth-order valence-electron chi connectivity index (χ4n) is 11.6. The number of nitrogens with two attached hydrogens (primary N) is 1. The van der Waals surface area contributed by atoms with Crippen LogP contribution in [0.3, 0.4) is 0 Å². The molecule has 0 spiro atoms. The molecule has 0 heterocycles. The van der Waals surface area contributed by atoms with Crippen molar-refractivity contribution in [1.29, 1.82) is 0 Å². The third-order valence-electron chi connectivity index (χ3n) is 12.0. The second-order valence-corrected chi connectivity index (χ2v) is 13.2. The van der Waals surface area contributed by atoms with Gasteiger partial charge in [-0.15, -0.1) is 0 Å². The molecule has 0 aliphatic heterocycles. The molecule has 11 aliphatic carbocycles. The first-order chi connectivity index (χ1) is 13.1. The van der Waals surface area contributed by atoms with Crippen molar-refractivity contribution in [2.45, 2.75) is 90.0 Å². The molecule has 2 N–H and O–H groups in total. The molecule has 0 aromatic rings. The lowest BCUT2D eigenvalue weighted by Gasteiger charge is -2.69. The highest BCUT2D eigenvalue weighted by Gasteiger charge is 2.63. The van der Waals surface area contributed by atoms with Gasteiger partial charge in [0.15, 0.2) is 0 Å². The molecule has 0 radical (unpaired) electrons. The highest BCUT2D eigenvalue weighted by Crippen LogP contribution is 2.71. The lowest BCUT2D eigenvalue weighted by Crippen LogP contribution is -2.62. The molecule has 150 valence electrons. The molecule has 11 saturated carbocycles. The van der Waals surface area contributed by atoms with E-state index in [1.165, 1.54) is 85.9 Å². The minimum absolute atomic E-state index is 0.445. The fraction of sp³-hybridized carbons (Fsp3) is 1.00. The average Bonchev–Trinajstić information content (AvgIpc) is 2.65. The summed E-state index contributed by atoms with van der Waals surface area (Å²) in [7, 11) is 0. The molecule has 0 amide bonds. The summed E-state index contributed by atoms with van der Waals surface area (Å²) < 4.78 is 0. The first kappa shape index (κ1) is 16.7. The van der Waals surface area contributed by atoms with E-state index in [4.69, 9.17) is 5.73 Å². The van der Waals surface area contributed by atoms with Crippen LogP contribution in [-0.2, 0) is 0 Å². The van der Waals surface area contributed by atoms with Crippen molar-refractivity contribution in [2.24, 2.45) is 76.2 Å². The summed E-state index contributed by atoms with van der Waals surface area (Å²) in [6.07, 6.45) is 18.9. The second kappa shape index (κ2) is 5.55. The molecule has 0 aromatic heterocycles. The van der Waals surface area contributed by atoms with Crippen LogP contribution in [0.2, 0.25) is 0 Å². The minimum atomic E-state index is 0.445. The molecule has 1 heteroatoms. The Morgan fingerprint density at radius 3 is 1.07 bits per heavy atom. The predicted molar refractivity (Wildman–Crippen MR) is 110 cm³/mol. The number of hydrogen-bond donors (Lipinski definition) is 1. The molecule has 0 aromatic carbocycles. The lowest BCUT2D eigenvalue weighted by atomic mass is 9.36. The number of hydrogen-bond acceptors (Lipinski definition) is 1. The highest BCUT2D eigenvalue weighted by molar-refractivity contribution is 5.12. The molecule has 11 aliphatic rings. The van der Waals surface area contributed by atoms with Crippen LogP contribution in [0, 0.1) is 70.5 Å². The van der Waals surface area contributed by atoms with Gasteiger partial charge in [-0.25, -0.2) is 0 Å². The van der Waals surface area contributed by atoms with Gasteiger partial charge >= 0.3 is 0 Å². The molecule has 11 fully saturated rings. The van der Waals surface area contributed by atoms with Gasteiger partial charge < -0.3 is 5.73 Å². The van der Waals surface area contributed by atoms with Crippen LogP contribution in [0.5, 0.6) is 0 Å². The van der Waals surface area contributed by atoms with Gasteiger partial charge in [-0.05, 0) is 154 Å². The topological polar surface area (TPSA) is 26.0 Å². The zero-order chi connectivity index (χ0) is 17.9. The van der Waals surface area contributed by atoms with Crippen LogP contribution in [0.15, 0.2) is 0 Å². The predicted octanol–water partition coefficient (Wildman–Crippen LogP) is 5.87. The first-order valence-electron chi connectivity index (χ1n) is 12.8.